The van der Waals surface area contributed by atoms with Crippen molar-refractivity contribution >= 4 is 5.97 Å². The van der Waals surface area contributed by atoms with Gasteiger partial charge in [0.1, 0.15) is 6.10 Å². The van der Waals surface area contributed by atoms with Gasteiger partial charge in [-0.1, -0.05) is 38.3 Å². The highest BCUT2D eigenvalue weighted by Crippen LogP contribution is 2.45. The van der Waals surface area contributed by atoms with E-state index >= 15 is 0 Å². The summed E-state index contributed by atoms with van der Waals surface area (Å²) in [6.07, 6.45) is 14.9. The van der Waals surface area contributed by atoms with E-state index in [4.69, 9.17) is 14.6 Å². The SMILES string of the molecule is CCCCC[C@H](O)/C=C/[C@@H]1[C@H]2C/C(=C/CCCC(=O)OCCCCCO)O[C@@H]2C[C@H]1O. The fourth-order valence-corrected chi connectivity index (χ4v) is 4.50. The van der Waals surface area contributed by atoms with Crippen LogP contribution in [0, 0.1) is 11.8 Å². The molecule has 1 saturated carbocycles. The standard InChI is InChI=1S/C25H42O6/c1-2-3-5-10-19(27)13-14-21-22-17-20(31-24(22)18-23(21)28)11-6-7-12-25(29)30-16-9-4-8-15-26/h11,13-14,19,21-24,26-28H,2-10,12,15-18H2,1H3/b14-13+,20-11-/t19-,21+,22+,23+,24+/m0/s1. The van der Waals surface area contributed by atoms with Crippen molar-refractivity contribution in [1.82, 2.24) is 0 Å². The van der Waals surface area contributed by atoms with Gasteiger partial charge in [-0.3, -0.25) is 4.79 Å². The average Bonchev–Trinajstić information content (AvgIpc) is 3.26. The summed E-state index contributed by atoms with van der Waals surface area (Å²) in [4.78, 5) is 11.7. The molecule has 2 aliphatic rings. The van der Waals surface area contributed by atoms with Crippen molar-refractivity contribution in [1.29, 1.82) is 0 Å². The average molecular weight is 439 g/mol. The molecule has 0 aromatic heterocycles. The Morgan fingerprint density at radius 1 is 1.23 bits per heavy atom. The lowest BCUT2D eigenvalue weighted by atomic mass is 9.90. The van der Waals surface area contributed by atoms with Crippen LogP contribution >= 0.6 is 0 Å². The van der Waals surface area contributed by atoms with Gasteiger partial charge in [0.25, 0.3) is 0 Å². The summed E-state index contributed by atoms with van der Waals surface area (Å²) in [5, 5.41) is 29.3. The van der Waals surface area contributed by atoms with Gasteiger partial charge in [-0.2, -0.15) is 0 Å². The molecule has 0 amide bonds. The number of allylic oxidation sites excluding steroid dienone is 2. The number of hydrogen-bond acceptors (Lipinski definition) is 6. The van der Waals surface area contributed by atoms with E-state index in [1.165, 1.54) is 0 Å². The zero-order chi connectivity index (χ0) is 22.5. The summed E-state index contributed by atoms with van der Waals surface area (Å²) in [6.45, 7) is 2.76. The summed E-state index contributed by atoms with van der Waals surface area (Å²) in [6, 6.07) is 0. The van der Waals surface area contributed by atoms with Crippen LogP contribution in [0.5, 0.6) is 0 Å². The molecule has 0 radical (unpaired) electrons. The van der Waals surface area contributed by atoms with Crippen molar-refractivity contribution in [3.8, 4) is 0 Å². The highest BCUT2D eigenvalue weighted by atomic mass is 16.5. The van der Waals surface area contributed by atoms with Gasteiger partial charge >= 0.3 is 5.97 Å². The molecule has 1 saturated heterocycles. The van der Waals surface area contributed by atoms with E-state index < -0.39 is 12.2 Å². The van der Waals surface area contributed by atoms with Crippen molar-refractivity contribution < 1.29 is 29.6 Å². The lowest BCUT2D eigenvalue weighted by Gasteiger charge is -2.16. The molecule has 0 unspecified atom stereocenters. The second-order valence-corrected chi connectivity index (χ2v) is 8.92. The Bertz CT molecular complexity index is 572. The number of esters is 1. The van der Waals surface area contributed by atoms with E-state index in [0.29, 0.717) is 19.4 Å². The molecule has 0 spiro atoms. The number of ether oxygens (including phenoxy) is 2. The molecule has 178 valence electrons. The molecule has 6 heteroatoms. The largest absolute Gasteiger partial charge is 0.495 e. The van der Waals surface area contributed by atoms with E-state index in [1.807, 2.05) is 12.2 Å². The van der Waals surface area contributed by atoms with Crippen LogP contribution < -0.4 is 0 Å². The van der Waals surface area contributed by atoms with Crippen LogP contribution in [0.2, 0.25) is 0 Å². The fraction of sp³-hybridized carbons (Fsp3) is 0.800. The van der Waals surface area contributed by atoms with Crippen LogP contribution in [0.4, 0.5) is 0 Å². The van der Waals surface area contributed by atoms with Crippen molar-refractivity contribution in [3.05, 3.63) is 24.0 Å². The first-order valence-electron chi connectivity index (χ1n) is 12.2. The number of fused-ring (bicyclic) bond motifs is 1. The van der Waals surface area contributed by atoms with Gasteiger partial charge in [0.05, 0.1) is 24.6 Å². The predicted molar refractivity (Wildman–Crippen MR) is 120 cm³/mol. The maximum Gasteiger partial charge on any atom is 0.305 e. The zero-order valence-electron chi connectivity index (χ0n) is 19.1. The summed E-state index contributed by atoms with van der Waals surface area (Å²) in [7, 11) is 0. The van der Waals surface area contributed by atoms with E-state index in [9.17, 15) is 15.0 Å². The molecule has 31 heavy (non-hydrogen) atoms. The van der Waals surface area contributed by atoms with Gasteiger partial charge in [0, 0.05) is 37.7 Å². The first-order chi connectivity index (χ1) is 15.0. The van der Waals surface area contributed by atoms with Crippen LogP contribution in [-0.2, 0) is 14.3 Å². The molecule has 2 rings (SSSR count). The van der Waals surface area contributed by atoms with Gasteiger partial charge < -0.3 is 24.8 Å². The number of aliphatic hydroxyl groups is 3. The van der Waals surface area contributed by atoms with Crippen LogP contribution in [0.1, 0.15) is 84.0 Å². The van der Waals surface area contributed by atoms with Gasteiger partial charge in [0.2, 0.25) is 0 Å². The maximum absolute atomic E-state index is 11.7. The molecule has 0 aromatic carbocycles. The Balaban J connectivity index is 1.67. The topological polar surface area (TPSA) is 96.2 Å². The van der Waals surface area contributed by atoms with Crippen molar-refractivity contribution in [2.45, 2.75) is 102 Å². The van der Waals surface area contributed by atoms with E-state index in [1.54, 1.807) is 0 Å². The van der Waals surface area contributed by atoms with Gasteiger partial charge in [-0.05, 0) is 44.6 Å². The number of unbranched alkanes of at least 4 members (excludes halogenated alkanes) is 5. The molecule has 2 fully saturated rings. The number of carbonyl (C=O) groups is 1. The van der Waals surface area contributed by atoms with Crippen LogP contribution in [0.25, 0.3) is 0 Å². The van der Waals surface area contributed by atoms with Crippen molar-refractivity contribution in [3.63, 3.8) is 0 Å². The highest BCUT2D eigenvalue weighted by molar-refractivity contribution is 5.69. The third-order valence-corrected chi connectivity index (χ3v) is 6.31. The Morgan fingerprint density at radius 2 is 2.06 bits per heavy atom. The third kappa shape index (κ3) is 9.34. The second kappa shape index (κ2) is 14.6. The molecule has 3 N–H and O–H groups in total. The monoisotopic (exact) mass is 438 g/mol. The number of carbonyl (C=O) groups excluding carboxylic acids is 1. The van der Waals surface area contributed by atoms with E-state index in [-0.39, 0.29) is 30.5 Å². The van der Waals surface area contributed by atoms with Crippen molar-refractivity contribution in [2.75, 3.05) is 13.2 Å². The minimum absolute atomic E-state index is 0.0255. The van der Waals surface area contributed by atoms with E-state index in [2.05, 4.69) is 13.0 Å². The minimum atomic E-state index is -0.440. The van der Waals surface area contributed by atoms with E-state index in [0.717, 1.165) is 70.0 Å². The lowest BCUT2D eigenvalue weighted by molar-refractivity contribution is -0.143. The second-order valence-electron chi connectivity index (χ2n) is 8.92. The Kier molecular flexibility index (Phi) is 12.2. The molecule has 0 aromatic rings. The van der Waals surface area contributed by atoms with Crippen molar-refractivity contribution in [2.24, 2.45) is 11.8 Å². The molecule has 0 bridgehead atoms. The molecule has 6 nitrogen and oxygen atoms in total. The zero-order valence-corrected chi connectivity index (χ0v) is 19.1. The lowest BCUT2D eigenvalue weighted by Crippen LogP contribution is -2.18. The maximum atomic E-state index is 11.7. The molecule has 1 heterocycles. The van der Waals surface area contributed by atoms with Crippen LogP contribution in [0.3, 0.4) is 0 Å². The van der Waals surface area contributed by atoms with Gasteiger partial charge in [-0.15, -0.1) is 0 Å². The molecular formula is C25H42O6. The highest BCUT2D eigenvalue weighted by Gasteiger charge is 2.46. The number of rotatable bonds is 15. The minimum Gasteiger partial charge on any atom is -0.495 e. The molecule has 1 aliphatic carbocycles. The molecular weight excluding hydrogens is 396 g/mol. The Hall–Kier alpha value is -1.37. The summed E-state index contributed by atoms with van der Waals surface area (Å²) in [5.74, 6) is 1.07. The Labute approximate surface area is 187 Å². The Morgan fingerprint density at radius 3 is 2.84 bits per heavy atom. The fourth-order valence-electron chi connectivity index (χ4n) is 4.50. The van der Waals surface area contributed by atoms with Crippen LogP contribution in [-0.4, -0.2) is 52.8 Å². The molecule has 5 atom stereocenters. The quantitative estimate of drug-likeness (QED) is 0.203. The third-order valence-electron chi connectivity index (χ3n) is 6.31. The first kappa shape index (κ1) is 25.9. The summed E-state index contributed by atoms with van der Waals surface area (Å²) < 4.78 is 11.2. The first-order valence-corrected chi connectivity index (χ1v) is 12.2. The predicted octanol–water partition coefficient (Wildman–Crippen LogP) is 4.03. The van der Waals surface area contributed by atoms with Gasteiger partial charge in [-0.25, -0.2) is 0 Å². The van der Waals surface area contributed by atoms with Gasteiger partial charge in [0.15, 0.2) is 0 Å². The smallest absolute Gasteiger partial charge is 0.305 e. The molecule has 1 aliphatic heterocycles. The normalized spacial score (nSPS) is 27.5. The number of aliphatic hydroxyl groups excluding tert-OH is 3. The number of hydrogen-bond donors (Lipinski definition) is 3. The van der Waals surface area contributed by atoms with Crippen LogP contribution in [0.15, 0.2) is 24.0 Å². The summed E-state index contributed by atoms with van der Waals surface area (Å²) in [5.41, 5.74) is 0. The summed E-state index contributed by atoms with van der Waals surface area (Å²) >= 11 is 0.